The highest BCUT2D eigenvalue weighted by molar-refractivity contribution is 9.10. The molecule has 0 radical (unpaired) electrons. The molecule has 0 unspecified atom stereocenters. The first-order chi connectivity index (χ1) is 7.99. The third kappa shape index (κ3) is 3.44. The van der Waals surface area contributed by atoms with E-state index in [-0.39, 0.29) is 5.56 Å². The van der Waals surface area contributed by atoms with Gasteiger partial charge < -0.3 is 10.8 Å². The maximum Gasteiger partial charge on any atom is 0.335 e. The Balaban J connectivity index is 3.09. The average molecular weight is 301 g/mol. The Bertz CT molecular complexity index is 417. The number of anilines is 1. The predicted molar refractivity (Wildman–Crippen MR) is 72.1 cm³/mol. The third-order valence-corrected chi connectivity index (χ3v) is 3.41. The van der Waals surface area contributed by atoms with Gasteiger partial charge in [0.2, 0.25) is 0 Å². The van der Waals surface area contributed by atoms with Crippen molar-refractivity contribution in [2.45, 2.75) is 20.4 Å². The molecule has 0 saturated carbocycles. The highest BCUT2D eigenvalue weighted by atomic mass is 79.9. The van der Waals surface area contributed by atoms with E-state index in [1.54, 1.807) is 6.07 Å². The number of carboxylic acid groups (broad SMARTS) is 1. The predicted octanol–water partition coefficient (Wildman–Crippen LogP) is 2.57. The zero-order chi connectivity index (χ0) is 13.0. The van der Waals surface area contributed by atoms with E-state index in [1.807, 2.05) is 0 Å². The largest absolute Gasteiger partial charge is 0.478 e. The molecular formula is C12H17BrN2O2. The molecule has 3 N–H and O–H groups in total. The number of nitrogens with zero attached hydrogens (tertiary/aromatic N) is 1. The first kappa shape index (κ1) is 14.0. The topological polar surface area (TPSA) is 66.6 Å². The molecule has 0 atom stereocenters. The smallest absolute Gasteiger partial charge is 0.335 e. The molecular weight excluding hydrogens is 284 g/mol. The van der Waals surface area contributed by atoms with Crippen molar-refractivity contribution < 1.29 is 9.90 Å². The molecule has 0 spiro atoms. The van der Waals surface area contributed by atoms with Crippen LogP contribution in [0.4, 0.5) is 5.69 Å². The molecule has 0 aromatic heterocycles. The summed E-state index contributed by atoms with van der Waals surface area (Å²) in [5.41, 5.74) is 7.66. The minimum absolute atomic E-state index is 0.258. The summed E-state index contributed by atoms with van der Waals surface area (Å²) in [6.07, 6.45) is 0. The molecule has 0 heterocycles. The van der Waals surface area contributed by atoms with Crippen LogP contribution in [0.25, 0.3) is 0 Å². The third-order valence-electron chi connectivity index (χ3n) is 2.75. The van der Waals surface area contributed by atoms with Crippen LogP contribution in [0, 0.1) is 0 Å². The number of nitrogens with two attached hydrogens (primary N) is 1. The quantitative estimate of drug-likeness (QED) is 0.820. The van der Waals surface area contributed by atoms with Crippen LogP contribution < -0.4 is 5.73 Å². The fourth-order valence-electron chi connectivity index (χ4n) is 1.62. The number of aromatic carboxylic acids is 1. The van der Waals surface area contributed by atoms with Gasteiger partial charge >= 0.3 is 5.97 Å². The maximum atomic E-state index is 11.0. The number of halogens is 1. The first-order valence-corrected chi connectivity index (χ1v) is 6.32. The Morgan fingerprint density at radius 2 is 2.00 bits per heavy atom. The number of hydrogen-bond donors (Lipinski definition) is 2. The number of hydrogen-bond acceptors (Lipinski definition) is 3. The second kappa shape index (κ2) is 6.02. The average Bonchev–Trinajstić information content (AvgIpc) is 2.30. The molecule has 1 aromatic carbocycles. The summed E-state index contributed by atoms with van der Waals surface area (Å²) in [6, 6.07) is 3.17. The summed E-state index contributed by atoms with van der Waals surface area (Å²) >= 11 is 3.29. The fourth-order valence-corrected chi connectivity index (χ4v) is 2.12. The lowest BCUT2D eigenvalue weighted by Crippen LogP contribution is -2.23. The molecule has 1 rings (SSSR count). The number of nitrogen functional groups attached to an aromatic ring is 1. The molecule has 0 saturated heterocycles. The van der Waals surface area contributed by atoms with E-state index in [0.717, 1.165) is 18.7 Å². The lowest BCUT2D eigenvalue weighted by Gasteiger charge is -2.20. The van der Waals surface area contributed by atoms with Crippen LogP contribution in [0.15, 0.2) is 16.6 Å². The van der Waals surface area contributed by atoms with E-state index in [2.05, 4.69) is 34.7 Å². The lowest BCUT2D eigenvalue weighted by atomic mass is 10.1. The number of rotatable bonds is 5. The van der Waals surface area contributed by atoms with E-state index in [9.17, 15) is 4.79 Å². The van der Waals surface area contributed by atoms with Crippen LogP contribution in [0.5, 0.6) is 0 Å². The molecule has 0 aliphatic heterocycles. The Labute approximate surface area is 110 Å². The van der Waals surface area contributed by atoms with Gasteiger partial charge in [0.15, 0.2) is 0 Å². The zero-order valence-electron chi connectivity index (χ0n) is 10.0. The molecule has 0 bridgehead atoms. The van der Waals surface area contributed by atoms with E-state index in [0.29, 0.717) is 16.7 Å². The Morgan fingerprint density at radius 1 is 1.41 bits per heavy atom. The second-order valence-corrected chi connectivity index (χ2v) is 4.65. The molecule has 17 heavy (non-hydrogen) atoms. The highest BCUT2D eigenvalue weighted by Gasteiger charge is 2.12. The van der Waals surface area contributed by atoms with Crippen LogP contribution in [0.2, 0.25) is 0 Å². The van der Waals surface area contributed by atoms with Gasteiger partial charge in [-0.15, -0.1) is 0 Å². The van der Waals surface area contributed by atoms with E-state index in [4.69, 9.17) is 10.8 Å². The van der Waals surface area contributed by atoms with E-state index < -0.39 is 5.97 Å². The van der Waals surface area contributed by atoms with Crippen LogP contribution in [0.3, 0.4) is 0 Å². The van der Waals surface area contributed by atoms with Crippen molar-refractivity contribution in [3.05, 3.63) is 27.7 Å². The van der Waals surface area contributed by atoms with Crippen molar-refractivity contribution in [3.8, 4) is 0 Å². The Morgan fingerprint density at radius 3 is 2.47 bits per heavy atom. The maximum absolute atomic E-state index is 11.0. The molecule has 4 nitrogen and oxygen atoms in total. The van der Waals surface area contributed by atoms with Gasteiger partial charge in [0, 0.05) is 11.0 Å². The van der Waals surface area contributed by atoms with Crippen LogP contribution in [-0.2, 0) is 6.54 Å². The van der Waals surface area contributed by atoms with E-state index in [1.165, 1.54) is 6.07 Å². The summed E-state index contributed by atoms with van der Waals surface area (Å²) in [4.78, 5) is 13.2. The summed E-state index contributed by atoms with van der Waals surface area (Å²) in [6.45, 7) is 6.61. The molecule has 0 amide bonds. The summed E-state index contributed by atoms with van der Waals surface area (Å²) in [7, 11) is 0. The normalized spacial score (nSPS) is 10.8. The monoisotopic (exact) mass is 300 g/mol. The molecule has 1 aromatic rings. The number of carbonyl (C=O) groups is 1. The van der Waals surface area contributed by atoms with Gasteiger partial charge in [-0.25, -0.2) is 4.79 Å². The standard InChI is InChI=1S/C12H17BrN2O2/c1-3-15(4-2)7-9-5-8(12(16)17)6-10(13)11(9)14/h5-6H,3-4,7,14H2,1-2H3,(H,16,17). The minimum atomic E-state index is -0.938. The molecule has 0 fully saturated rings. The Kier molecular flexibility index (Phi) is 4.96. The summed E-state index contributed by atoms with van der Waals surface area (Å²) in [5, 5.41) is 9.00. The van der Waals surface area contributed by atoms with Gasteiger partial charge in [0.25, 0.3) is 0 Å². The SMILES string of the molecule is CCN(CC)Cc1cc(C(=O)O)cc(Br)c1N. The van der Waals surface area contributed by atoms with Crippen molar-refractivity contribution in [2.75, 3.05) is 18.8 Å². The Hall–Kier alpha value is -1.07. The lowest BCUT2D eigenvalue weighted by molar-refractivity contribution is 0.0696. The van der Waals surface area contributed by atoms with Crippen molar-refractivity contribution >= 4 is 27.6 Å². The zero-order valence-corrected chi connectivity index (χ0v) is 11.6. The van der Waals surface area contributed by atoms with Crippen molar-refractivity contribution in [3.63, 3.8) is 0 Å². The molecule has 94 valence electrons. The van der Waals surface area contributed by atoms with Gasteiger partial charge in [0.1, 0.15) is 0 Å². The molecule has 5 heteroatoms. The number of benzene rings is 1. The van der Waals surface area contributed by atoms with Gasteiger partial charge in [-0.3, -0.25) is 4.90 Å². The van der Waals surface area contributed by atoms with Crippen LogP contribution in [0.1, 0.15) is 29.8 Å². The summed E-state index contributed by atoms with van der Waals surface area (Å²) < 4.78 is 0.638. The van der Waals surface area contributed by atoms with Crippen molar-refractivity contribution in [1.82, 2.24) is 4.90 Å². The van der Waals surface area contributed by atoms with E-state index >= 15 is 0 Å². The van der Waals surface area contributed by atoms with Crippen molar-refractivity contribution in [2.24, 2.45) is 0 Å². The van der Waals surface area contributed by atoms with Gasteiger partial charge in [-0.2, -0.15) is 0 Å². The highest BCUT2D eigenvalue weighted by Crippen LogP contribution is 2.26. The molecule has 0 aliphatic rings. The number of carboxylic acids is 1. The van der Waals surface area contributed by atoms with Crippen LogP contribution in [-0.4, -0.2) is 29.1 Å². The fraction of sp³-hybridized carbons (Fsp3) is 0.417. The summed E-state index contributed by atoms with van der Waals surface area (Å²) in [5.74, 6) is -0.938. The van der Waals surface area contributed by atoms with Crippen LogP contribution >= 0.6 is 15.9 Å². The van der Waals surface area contributed by atoms with Gasteiger partial charge in [-0.05, 0) is 46.7 Å². The molecule has 0 aliphatic carbocycles. The van der Waals surface area contributed by atoms with Gasteiger partial charge in [-0.1, -0.05) is 13.8 Å². The minimum Gasteiger partial charge on any atom is -0.478 e. The first-order valence-electron chi connectivity index (χ1n) is 5.53. The van der Waals surface area contributed by atoms with Gasteiger partial charge in [0.05, 0.1) is 11.3 Å². The van der Waals surface area contributed by atoms with Crippen molar-refractivity contribution in [1.29, 1.82) is 0 Å². The second-order valence-electron chi connectivity index (χ2n) is 3.80.